The van der Waals surface area contributed by atoms with Crippen LogP contribution in [0.3, 0.4) is 0 Å². The number of benzene rings is 1. The second kappa shape index (κ2) is 9.93. The van der Waals surface area contributed by atoms with E-state index in [2.05, 4.69) is 35.8 Å². The van der Waals surface area contributed by atoms with E-state index in [1.54, 1.807) is 24.3 Å². The van der Waals surface area contributed by atoms with Crippen molar-refractivity contribution >= 4 is 35.2 Å². The first kappa shape index (κ1) is 19.9. The highest BCUT2D eigenvalue weighted by atomic mass is 35.5. The van der Waals surface area contributed by atoms with E-state index in [4.69, 9.17) is 16.3 Å². The third-order valence-electron chi connectivity index (χ3n) is 4.05. The summed E-state index contributed by atoms with van der Waals surface area (Å²) >= 11 is 5.82. The molecule has 0 saturated carbocycles. The maximum Gasteiger partial charge on any atom is 0.323 e. The van der Waals surface area contributed by atoms with Crippen LogP contribution in [0.2, 0.25) is 5.02 Å². The Morgan fingerprint density at radius 2 is 1.93 bits per heavy atom. The molecule has 1 fully saturated rings. The first-order valence-corrected chi connectivity index (χ1v) is 9.70. The topological polar surface area (TPSA) is 104 Å². The van der Waals surface area contributed by atoms with Crippen molar-refractivity contribution in [1.29, 1.82) is 0 Å². The summed E-state index contributed by atoms with van der Waals surface area (Å²) in [6.07, 6.45) is 2.26. The number of ether oxygens (including phenoxy) is 1. The highest BCUT2D eigenvalue weighted by Crippen LogP contribution is 2.19. The summed E-state index contributed by atoms with van der Waals surface area (Å²) < 4.78 is 5.62. The highest BCUT2D eigenvalue weighted by Gasteiger charge is 2.17. The van der Waals surface area contributed by atoms with E-state index < -0.39 is 0 Å². The molecule has 9 nitrogen and oxygen atoms in total. The molecule has 2 aromatic rings. The molecule has 1 aliphatic rings. The second-order valence-corrected chi connectivity index (χ2v) is 6.64. The summed E-state index contributed by atoms with van der Waals surface area (Å²) in [5.41, 5.74) is 0.658. The molecule has 0 radical (unpaired) electrons. The van der Waals surface area contributed by atoms with Crippen molar-refractivity contribution in [3.63, 3.8) is 0 Å². The Kier molecular flexibility index (Phi) is 7.07. The smallest absolute Gasteiger partial charge is 0.323 e. The van der Waals surface area contributed by atoms with Gasteiger partial charge in [0.1, 0.15) is 6.61 Å². The summed E-state index contributed by atoms with van der Waals surface area (Å²) in [5.74, 6) is 1.11. The van der Waals surface area contributed by atoms with Gasteiger partial charge in [0.15, 0.2) is 0 Å². The van der Waals surface area contributed by atoms with Crippen LogP contribution in [-0.2, 0) is 0 Å². The molecular formula is C18H24ClN7O2. The molecule has 2 amide bonds. The number of amides is 2. The highest BCUT2D eigenvalue weighted by molar-refractivity contribution is 6.30. The number of urea groups is 1. The van der Waals surface area contributed by atoms with Crippen LogP contribution in [0, 0.1) is 0 Å². The lowest BCUT2D eigenvalue weighted by Gasteiger charge is -2.16. The molecule has 1 aliphatic heterocycles. The number of nitrogens with one attached hydrogen (secondary N) is 3. The SMILES string of the molecule is CCNc1nc(OCCNC(=O)Nc2ccc(Cl)cc2)nc(N2CCCC2)n1. The minimum atomic E-state index is -0.326. The van der Waals surface area contributed by atoms with Gasteiger partial charge in [-0.05, 0) is 44.0 Å². The lowest BCUT2D eigenvalue weighted by molar-refractivity contribution is 0.245. The molecule has 0 atom stereocenters. The fourth-order valence-electron chi connectivity index (χ4n) is 2.72. The first-order valence-electron chi connectivity index (χ1n) is 9.32. The van der Waals surface area contributed by atoms with Crippen molar-refractivity contribution < 1.29 is 9.53 Å². The van der Waals surface area contributed by atoms with Gasteiger partial charge in [-0.15, -0.1) is 0 Å². The molecule has 2 heterocycles. The lowest BCUT2D eigenvalue weighted by atomic mass is 10.3. The number of aromatic nitrogens is 3. The fraction of sp³-hybridized carbons (Fsp3) is 0.444. The number of hydrogen-bond acceptors (Lipinski definition) is 7. The number of hydrogen-bond donors (Lipinski definition) is 3. The molecule has 10 heteroatoms. The van der Waals surface area contributed by atoms with Crippen molar-refractivity contribution in [2.24, 2.45) is 0 Å². The van der Waals surface area contributed by atoms with Crippen molar-refractivity contribution in [3.05, 3.63) is 29.3 Å². The van der Waals surface area contributed by atoms with E-state index in [0.29, 0.717) is 35.7 Å². The third-order valence-corrected chi connectivity index (χ3v) is 4.30. The molecule has 0 bridgehead atoms. The van der Waals surface area contributed by atoms with Crippen LogP contribution >= 0.6 is 11.6 Å². The van der Waals surface area contributed by atoms with Crippen LogP contribution in [0.15, 0.2) is 24.3 Å². The van der Waals surface area contributed by atoms with Gasteiger partial charge in [-0.2, -0.15) is 15.0 Å². The van der Waals surface area contributed by atoms with Gasteiger partial charge in [-0.1, -0.05) is 11.6 Å². The lowest BCUT2D eigenvalue weighted by Crippen LogP contribution is -2.32. The number of halogens is 1. The van der Waals surface area contributed by atoms with E-state index in [1.807, 2.05) is 6.92 Å². The van der Waals surface area contributed by atoms with E-state index in [1.165, 1.54) is 0 Å². The van der Waals surface area contributed by atoms with Crippen molar-refractivity contribution in [3.8, 4) is 6.01 Å². The number of anilines is 3. The number of nitrogens with zero attached hydrogens (tertiary/aromatic N) is 4. The summed E-state index contributed by atoms with van der Waals surface area (Å²) in [7, 11) is 0. The van der Waals surface area contributed by atoms with E-state index in [-0.39, 0.29) is 18.6 Å². The van der Waals surface area contributed by atoms with Crippen LogP contribution in [0.5, 0.6) is 6.01 Å². The van der Waals surface area contributed by atoms with Crippen molar-refractivity contribution in [1.82, 2.24) is 20.3 Å². The first-order chi connectivity index (χ1) is 13.6. The largest absolute Gasteiger partial charge is 0.461 e. The molecule has 1 aromatic heterocycles. The zero-order chi connectivity index (χ0) is 19.8. The van der Waals surface area contributed by atoms with E-state index in [9.17, 15) is 4.79 Å². The summed E-state index contributed by atoms with van der Waals surface area (Å²) in [5, 5.41) is 9.14. The summed E-state index contributed by atoms with van der Waals surface area (Å²) in [4.78, 5) is 27.1. The van der Waals surface area contributed by atoms with E-state index >= 15 is 0 Å². The number of carbonyl (C=O) groups is 1. The van der Waals surface area contributed by atoms with Crippen LogP contribution in [0.25, 0.3) is 0 Å². The van der Waals surface area contributed by atoms with E-state index in [0.717, 1.165) is 25.9 Å². The Bertz CT molecular complexity index is 782. The Balaban J connectivity index is 1.49. The predicted octanol–water partition coefficient (Wildman–Crippen LogP) is 2.76. The molecule has 1 saturated heterocycles. The zero-order valence-electron chi connectivity index (χ0n) is 15.7. The molecular weight excluding hydrogens is 382 g/mol. The predicted molar refractivity (Wildman–Crippen MR) is 109 cm³/mol. The Morgan fingerprint density at radius 1 is 1.18 bits per heavy atom. The van der Waals surface area contributed by atoms with Gasteiger partial charge in [0.05, 0.1) is 6.54 Å². The monoisotopic (exact) mass is 405 g/mol. The molecule has 28 heavy (non-hydrogen) atoms. The minimum absolute atomic E-state index is 0.239. The minimum Gasteiger partial charge on any atom is -0.461 e. The Morgan fingerprint density at radius 3 is 2.64 bits per heavy atom. The summed E-state index contributed by atoms with van der Waals surface area (Å²) in [6, 6.07) is 6.79. The Labute approximate surface area is 168 Å². The molecule has 0 aliphatic carbocycles. The van der Waals surface area contributed by atoms with Gasteiger partial charge in [0.2, 0.25) is 11.9 Å². The average Bonchev–Trinajstić information content (AvgIpc) is 3.22. The molecule has 3 rings (SSSR count). The quantitative estimate of drug-likeness (QED) is 0.580. The van der Waals surface area contributed by atoms with Crippen molar-refractivity contribution in [2.45, 2.75) is 19.8 Å². The molecule has 3 N–H and O–H groups in total. The van der Waals surface area contributed by atoms with Gasteiger partial charge in [-0.25, -0.2) is 4.79 Å². The molecule has 0 unspecified atom stereocenters. The number of carbonyl (C=O) groups excluding carboxylic acids is 1. The van der Waals surface area contributed by atoms with Crippen LogP contribution < -0.4 is 25.6 Å². The standard InChI is InChI=1S/C18H24ClN7O2/c1-2-20-15-23-16(26-10-3-4-11-26)25-18(24-15)28-12-9-21-17(27)22-14-7-5-13(19)6-8-14/h5-8H,2-4,9-12H2,1H3,(H2,21,22,27)(H,20,23,24,25). The van der Waals surface area contributed by atoms with Gasteiger partial charge < -0.3 is 25.6 Å². The Hall–Kier alpha value is -2.81. The van der Waals surface area contributed by atoms with Crippen LogP contribution in [-0.4, -0.2) is 53.8 Å². The fourth-order valence-corrected chi connectivity index (χ4v) is 2.85. The van der Waals surface area contributed by atoms with Crippen LogP contribution in [0.4, 0.5) is 22.4 Å². The normalized spacial score (nSPS) is 13.3. The number of rotatable bonds is 8. The zero-order valence-corrected chi connectivity index (χ0v) is 16.5. The average molecular weight is 406 g/mol. The molecule has 0 spiro atoms. The second-order valence-electron chi connectivity index (χ2n) is 6.20. The maximum absolute atomic E-state index is 11.9. The molecule has 1 aromatic carbocycles. The molecule has 150 valence electrons. The van der Waals surface area contributed by atoms with Gasteiger partial charge in [0, 0.05) is 30.3 Å². The van der Waals surface area contributed by atoms with Crippen molar-refractivity contribution in [2.75, 3.05) is 48.3 Å². The van der Waals surface area contributed by atoms with Gasteiger partial charge in [-0.3, -0.25) is 0 Å². The third kappa shape index (κ3) is 5.85. The maximum atomic E-state index is 11.9. The van der Waals surface area contributed by atoms with Gasteiger partial charge >= 0.3 is 12.0 Å². The van der Waals surface area contributed by atoms with Gasteiger partial charge in [0.25, 0.3) is 0 Å². The van der Waals surface area contributed by atoms with Crippen LogP contribution in [0.1, 0.15) is 19.8 Å². The summed E-state index contributed by atoms with van der Waals surface area (Å²) in [6.45, 7) is 5.09.